The number of nitro groups is 1. The van der Waals surface area contributed by atoms with Crippen molar-refractivity contribution in [3.63, 3.8) is 0 Å². The molecule has 0 aliphatic carbocycles. The number of morpholine rings is 1. The number of ether oxygens (including phenoxy) is 2. The lowest BCUT2D eigenvalue weighted by Gasteiger charge is -2.30. The molecule has 0 atom stereocenters. The Labute approximate surface area is 176 Å². The summed E-state index contributed by atoms with van der Waals surface area (Å²) in [6.07, 6.45) is -3.38. The number of benzene rings is 1. The van der Waals surface area contributed by atoms with Crippen LogP contribution in [0.25, 0.3) is 0 Å². The Morgan fingerprint density at radius 3 is 2.66 bits per heavy atom. The van der Waals surface area contributed by atoms with E-state index in [1.807, 2.05) is 4.90 Å². The van der Waals surface area contributed by atoms with E-state index < -0.39 is 34.7 Å². The van der Waals surface area contributed by atoms with Gasteiger partial charge in [-0.1, -0.05) is 27.5 Å². The molecule has 0 N–H and O–H groups in total. The van der Waals surface area contributed by atoms with E-state index >= 15 is 0 Å². The van der Waals surface area contributed by atoms with Crippen molar-refractivity contribution < 1.29 is 27.6 Å². The molecule has 0 amide bonds. The number of hydrogen-bond donors (Lipinski definition) is 0. The number of pyridine rings is 1. The van der Waals surface area contributed by atoms with Gasteiger partial charge in [0.05, 0.1) is 23.7 Å². The normalized spacial score (nSPS) is 14.7. The second-order valence-corrected chi connectivity index (χ2v) is 7.32. The largest absolute Gasteiger partial charge is 0.481 e. The van der Waals surface area contributed by atoms with Gasteiger partial charge in [-0.05, 0) is 12.1 Å². The highest BCUT2D eigenvalue weighted by Gasteiger charge is 2.39. The minimum Gasteiger partial charge on any atom is -0.481 e. The Morgan fingerprint density at radius 1 is 1.34 bits per heavy atom. The third kappa shape index (κ3) is 4.90. The Bertz CT molecular complexity index is 924. The van der Waals surface area contributed by atoms with Crippen molar-refractivity contribution in [2.75, 3.05) is 31.2 Å². The summed E-state index contributed by atoms with van der Waals surface area (Å²) in [4.78, 5) is 16.3. The van der Waals surface area contributed by atoms with Crippen LogP contribution < -0.4 is 9.64 Å². The molecule has 1 fully saturated rings. The van der Waals surface area contributed by atoms with Crippen LogP contribution in [0.4, 0.5) is 24.5 Å². The molecule has 156 valence electrons. The average molecular weight is 497 g/mol. The number of nitro benzene ring substituents is 1. The average Bonchev–Trinajstić information content (AvgIpc) is 2.67. The number of rotatable bonds is 5. The highest BCUT2D eigenvalue weighted by atomic mass is 79.9. The zero-order valence-corrected chi connectivity index (χ0v) is 17.1. The van der Waals surface area contributed by atoms with Gasteiger partial charge in [-0.15, -0.1) is 0 Å². The third-order valence-corrected chi connectivity index (χ3v) is 5.01. The molecule has 0 unspecified atom stereocenters. The number of hydrogen-bond acceptors (Lipinski definition) is 6. The van der Waals surface area contributed by atoms with Gasteiger partial charge >= 0.3 is 11.9 Å². The minimum absolute atomic E-state index is 0.0438. The summed E-state index contributed by atoms with van der Waals surface area (Å²) >= 11 is 9.03. The maximum Gasteiger partial charge on any atom is 0.420 e. The van der Waals surface area contributed by atoms with Crippen molar-refractivity contribution in [2.24, 2.45) is 0 Å². The highest BCUT2D eigenvalue weighted by Crippen LogP contribution is 2.44. The predicted octanol–water partition coefficient (Wildman–Crippen LogP) is 4.84. The smallest absolute Gasteiger partial charge is 0.420 e. The molecule has 1 aliphatic heterocycles. The molecular formula is C17H14BrClF3N3O4. The molecular weight excluding hydrogens is 483 g/mol. The standard InChI is InChI=1S/C17H14BrClF3N3O4/c18-10-7-12(17(20,21)22)15(14(8-10)25(26)27)29-9-11-13(1-2-23-16(11)19)24-3-5-28-6-4-24/h1-2,7-8H,3-6,9H2. The quantitative estimate of drug-likeness (QED) is 0.335. The van der Waals surface area contributed by atoms with Crippen molar-refractivity contribution in [1.29, 1.82) is 0 Å². The third-order valence-electron chi connectivity index (χ3n) is 4.23. The zero-order valence-electron chi connectivity index (χ0n) is 14.7. The maximum atomic E-state index is 13.5. The Balaban J connectivity index is 1.99. The first-order valence-electron chi connectivity index (χ1n) is 8.32. The molecule has 0 radical (unpaired) electrons. The molecule has 0 spiro atoms. The van der Waals surface area contributed by atoms with Crippen molar-refractivity contribution in [3.05, 3.63) is 55.3 Å². The van der Waals surface area contributed by atoms with Gasteiger partial charge in [0, 0.05) is 35.5 Å². The molecule has 0 bridgehead atoms. The highest BCUT2D eigenvalue weighted by molar-refractivity contribution is 9.10. The van der Waals surface area contributed by atoms with Gasteiger partial charge < -0.3 is 14.4 Å². The van der Waals surface area contributed by atoms with Crippen molar-refractivity contribution in [3.8, 4) is 5.75 Å². The second-order valence-electron chi connectivity index (χ2n) is 6.04. The second kappa shape index (κ2) is 8.72. The van der Waals surface area contributed by atoms with E-state index in [2.05, 4.69) is 20.9 Å². The molecule has 1 aromatic carbocycles. The first-order chi connectivity index (χ1) is 13.7. The fourth-order valence-electron chi connectivity index (χ4n) is 2.91. The molecule has 1 aromatic heterocycles. The van der Waals surface area contributed by atoms with Crippen LogP contribution in [0.2, 0.25) is 5.15 Å². The van der Waals surface area contributed by atoms with Crippen LogP contribution in [0.1, 0.15) is 11.1 Å². The number of nitrogens with zero attached hydrogens (tertiary/aromatic N) is 3. The van der Waals surface area contributed by atoms with Gasteiger partial charge in [-0.25, -0.2) is 4.98 Å². The van der Waals surface area contributed by atoms with Crippen LogP contribution in [-0.2, 0) is 17.5 Å². The maximum absolute atomic E-state index is 13.5. The summed E-state index contributed by atoms with van der Waals surface area (Å²) in [6, 6.07) is 3.35. The van der Waals surface area contributed by atoms with Crippen molar-refractivity contribution >= 4 is 38.9 Å². The number of aromatic nitrogens is 1. The summed E-state index contributed by atoms with van der Waals surface area (Å²) in [5, 5.41) is 11.4. The Hall–Kier alpha value is -2.11. The predicted molar refractivity (Wildman–Crippen MR) is 102 cm³/mol. The number of alkyl halides is 3. The summed E-state index contributed by atoms with van der Waals surface area (Å²) in [6.45, 7) is 1.65. The lowest BCUT2D eigenvalue weighted by Crippen LogP contribution is -2.37. The number of halogens is 5. The molecule has 0 saturated carbocycles. The molecule has 7 nitrogen and oxygen atoms in total. The van der Waals surface area contributed by atoms with Gasteiger partial charge in [0.15, 0.2) is 0 Å². The van der Waals surface area contributed by atoms with Crippen LogP contribution in [0.5, 0.6) is 5.75 Å². The van der Waals surface area contributed by atoms with E-state index in [4.69, 9.17) is 21.1 Å². The van der Waals surface area contributed by atoms with Crippen LogP contribution >= 0.6 is 27.5 Å². The van der Waals surface area contributed by atoms with E-state index in [0.717, 1.165) is 12.1 Å². The van der Waals surface area contributed by atoms with Gasteiger partial charge in [0.1, 0.15) is 17.3 Å². The first kappa shape index (κ1) is 21.6. The van der Waals surface area contributed by atoms with E-state index in [1.165, 1.54) is 6.20 Å². The molecule has 12 heteroatoms. The lowest BCUT2D eigenvalue weighted by molar-refractivity contribution is -0.386. The SMILES string of the molecule is O=[N+]([O-])c1cc(Br)cc(C(F)(F)F)c1OCc1c(N2CCOCC2)ccnc1Cl. The molecule has 3 rings (SSSR count). The monoisotopic (exact) mass is 495 g/mol. The molecule has 1 aliphatic rings. The van der Waals surface area contributed by atoms with E-state index in [1.54, 1.807) is 6.07 Å². The van der Waals surface area contributed by atoms with E-state index in [9.17, 15) is 23.3 Å². The summed E-state index contributed by atoms with van der Waals surface area (Å²) < 4.78 is 50.9. The fraction of sp³-hybridized carbons (Fsp3) is 0.353. The van der Waals surface area contributed by atoms with Gasteiger partial charge in [0.2, 0.25) is 5.75 Å². The van der Waals surface area contributed by atoms with Crippen LogP contribution in [-0.4, -0.2) is 36.2 Å². The van der Waals surface area contributed by atoms with Crippen molar-refractivity contribution in [1.82, 2.24) is 4.98 Å². The van der Waals surface area contributed by atoms with Gasteiger partial charge in [-0.3, -0.25) is 10.1 Å². The minimum atomic E-state index is -4.85. The van der Waals surface area contributed by atoms with Gasteiger partial charge in [-0.2, -0.15) is 13.2 Å². The number of anilines is 1. The molecule has 2 heterocycles. The van der Waals surface area contributed by atoms with E-state index in [-0.39, 0.29) is 9.63 Å². The summed E-state index contributed by atoms with van der Waals surface area (Å²) in [5.41, 5.74) is -1.10. The van der Waals surface area contributed by atoms with Crippen LogP contribution in [0, 0.1) is 10.1 Å². The zero-order chi connectivity index (χ0) is 21.2. The molecule has 1 saturated heterocycles. The fourth-order valence-corrected chi connectivity index (χ4v) is 3.57. The summed E-state index contributed by atoms with van der Waals surface area (Å²) in [7, 11) is 0. The molecule has 2 aromatic rings. The first-order valence-corrected chi connectivity index (χ1v) is 9.49. The lowest BCUT2D eigenvalue weighted by atomic mass is 10.1. The van der Waals surface area contributed by atoms with Gasteiger partial charge in [0.25, 0.3) is 0 Å². The topological polar surface area (TPSA) is 77.7 Å². The van der Waals surface area contributed by atoms with E-state index in [0.29, 0.717) is 37.6 Å². The Kier molecular flexibility index (Phi) is 6.49. The van der Waals surface area contributed by atoms with Crippen molar-refractivity contribution in [2.45, 2.75) is 12.8 Å². The Morgan fingerprint density at radius 2 is 2.03 bits per heavy atom. The van der Waals surface area contributed by atoms with Crippen LogP contribution in [0.3, 0.4) is 0 Å². The summed E-state index contributed by atoms with van der Waals surface area (Å²) in [5.74, 6) is -0.876. The molecule has 29 heavy (non-hydrogen) atoms. The van der Waals surface area contributed by atoms with Crippen LogP contribution in [0.15, 0.2) is 28.9 Å².